The molecule has 1 heterocycles. The van der Waals surface area contributed by atoms with Crippen molar-refractivity contribution in [2.75, 3.05) is 18.1 Å². The minimum absolute atomic E-state index is 0.126. The van der Waals surface area contributed by atoms with Crippen molar-refractivity contribution < 1.29 is 24.8 Å². The van der Waals surface area contributed by atoms with Gasteiger partial charge in [-0.2, -0.15) is 11.8 Å². The first kappa shape index (κ1) is 19.2. The molecular formula is C14H29NO5S. The minimum atomic E-state index is -1.24. The Morgan fingerprint density at radius 1 is 1.10 bits per heavy atom. The van der Waals surface area contributed by atoms with Gasteiger partial charge < -0.3 is 30.5 Å². The van der Waals surface area contributed by atoms with E-state index in [1.165, 1.54) is 0 Å². The summed E-state index contributed by atoms with van der Waals surface area (Å²) in [6.45, 7) is 4.37. The van der Waals surface area contributed by atoms with Crippen LogP contribution in [0.2, 0.25) is 0 Å². The summed E-state index contributed by atoms with van der Waals surface area (Å²) >= 11 is 1.77. The van der Waals surface area contributed by atoms with Crippen LogP contribution in [-0.4, -0.2) is 70.2 Å². The number of aliphatic hydroxyl groups excluding tert-OH is 3. The summed E-state index contributed by atoms with van der Waals surface area (Å²) in [5.41, 5.74) is 5.43. The molecule has 0 aliphatic carbocycles. The molecule has 126 valence electrons. The summed E-state index contributed by atoms with van der Waals surface area (Å²) in [6, 6.07) is 0. The predicted octanol–water partition coefficient (Wildman–Crippen LogP) is 0.0812. The van der Waals surface area contributed by atoms with Crippen LogP contribution in [0.15, 0.2) is 0 Å². The first-order valence-electron chi connectivity index (χ1n) is 7.60. The molecule has 0 aromatic rings. The average molecular weight is 323 g/mol. The quantitative estimate of drug-likeness (QED) is 0.445. The van der Waals surface area contributed by atoms with Crippen molar-refractivity contribution in [1.29, 1.82) is 0 Å². The lowest BCUT2D eigenvalue weighted by molar-refractivity contribution is -0.304. The molecule has 6 nitrogen and oxygen atoms in total. The second-order valence-corrected chi connectivity index (χ2v) is 6.82. The average Bonchev–Trinajstić information content (AvgIpc) is 2.44. The van der Waals surface area contributed by atoms with Crippen LogP contribution < -0.4 is 5.73 Å². The molecular weight excluding hydrogens is 294 g/mol. The number of aliphatic hydroxyl groups is 3. The van der Waals surface area contributed by atoms with Crippen LogP contribution in [0.4, 0.5) is 0 Å². The van der Waals surface area contributed by atoms with Gasteiger partial charge in [0.2, 0.25) is 0 Å². The maximum Gasteiger partial charge on any atom is 0.186 e. The van der Waals surface area contributed by atoms with E-state index in [9.17, 15) is 15.3 Å². The molecule has 7 heteroatoms. The molecule has 1 aliphatic heterocycles. The second kappa shape index (κ2) is 9.99. The van der Waals surface area contributed by atoms with Gasteiger partial charge in [0, 0.05) is 0 Å². The van der Waals surface area contributed by atoms with Crippen molar-refractivity contribution in [2.45, 2.75) is 69.9 Å². The summed E-state index contributed by atoms with van der Waals surface area (Å²) in [4.78, 5) is 0. The Bertz CT molecular complexity index is 282. The molecule has 21 heavy (non-hydrogen) atoms. The Morgan fingerprint density at radius 2 is 1.81 bits per heavy atom. The fourth-order valence-electron chi connectivity index (χ4n) is 2.19. The number of hydrogen-bond donors (Lipinski definition) is 4. The standard InChI is InChI=1S/C14H29NO5S/c1-9(2)19-14-13(18)12(17)11(16)10(20-14)5-8-21-7-4-3-6-15/h9-14,16-18H,3-8,15H2,1-2H3/t10?,11-,12?,13?,14+/m1/s1. The molecule has 1 fully saturated rings. The largest absolute Gasteiger partial charge is 0.388 e. The van der Waals surface area contributed by atoms with Crippen LogP contribution in [0.1, 0.15) is 33.1 Å². The number of ether oxygens (including phenoxy) is 2. The van der Waals surface area contributed by atoms with Gasteiger partial charge in [-0.15, -0.1) is 0 Å². The van der Waals surface area contributed by atoms with Crippen molar-refractivity contribution in [1.82, 2.24) is 0 Å². The van der Waals surface area contributed by atoms with E-state index in [0.717, 1.165) is 24.3 Å². The van der Waals surface area contributed by atoms with Crippen molar-refractivity contribution in [2.24, 2.45) is 5.73 Å². The van der Waals surface area contributed by atoms with Gasteiger partial charge in [-0.25, -0.2) is 0 Å². The lowest BCUT2D eigenvalue weighted by Gasteiger charge is -2.41. The van der Waals surface area contributed by atoms with E-state index < -0.39 is 30.7 Å². The fourth-order valence-corrected chi connectivity index (χ4v) is 3.20. The maximum absolute atomic E-state index is 9.98. The highest BCUT2D eigenvalue weighted by atomic mass is 32.2. The number of thioether (sulfide) groups is 1. The third-order valence-electron chi connectivity index (χ3n) is 3.36. The summed E-state index contributed by atoms with van der Waals surface area (Å²) < 4.78 is 11.1. The molecule has 0 bridgehead atoms. The van der Waals surface area contributed by atoms with Crippen molar-refractivity contribution >= 4 is 11.8 Å². The molecule has 0 amide bonds. The first-order valence-corrected chi connectivity index (χ1v) is 8.75. The summed E-state index contributed by atoms with van der Waals surface area (Å²) in [6.07, 6.45) is -2.39. The SMILES string of the molecule is CC(C)O[C@H]1OC(CCSCCCCN)[C@@H](O)C(O)C1O. The van der Waals surface area contributed by atoms with E-state index in [0.29, 0.717) is 13.0 Å². The van der Waals surface area contributed by atoms with Gasteiger partial charge in [0.15, 0.2) is 6.29 Å². The molecule has 0 radical (unpaired) electrons. The molecule has 1 rings (SSSR count). The van der Waals surface area contributed by atoms with Gasteiger partial charge in [0.25, 0.3) is 0 Å². The number of hydrogen-bond acceptors (Lipinski definition) is 7. The Balaban J connectivity index is 2.37. The lowest BCUT2D eigenvalue weighted by Crippen LogP contribution is -2.58. The van der Waals surface area contributed by atoms with Crippen molar-refractivity contribution in [3.8, 4) is 0 Å². The van der Waals surface area contributed by atoms with Crippen LogP contribution in [0.25, 0.3) is 0 Å². The molecule has 0 saturated carbocycles. The van der Waals surface area contributed by atoms with E-state index in [2.05, 4.69) is 0 Å². The summed E-state index contributed by atoms with van der Waals surface area (Å²) in [5.74, 6) is 1.85. The van der Waals surface area contributed by atoms with E-state index in [-0.39, 0.29) is 6.10 Å². The fraction of sp³-hybridized carbons (Fsp3) is 1.00. The van der Waals surface area contributed by atoms with Crippen molar-refractivity contribution in [3.63, 3.8) is 0 Å². The first-order chi connectivity index (χ1) is 9.97. The number of rotatable bonds is 9. The van der Waals surface area contributed by atoms with Gasteiger partial charge in [-0.1, -0.05) is 0 Å². The maximum atomic E-state index is 9.98. The molecule has 0 aromatic heterocycles. The van der Waals surface area contributed by atoms with E-state index in [4.69, 9.17) is 15.2 Å². The molecule has 1 aliphatic rings. The zero-order chi connectivity index (χ0) is 15.8. The van der Waals surface area contributed by atoms with E-state index >= 15 is 0 Å². The normalized spacial score (nSPS) is 33.6. The summed E-state index contributed by atoms with van der Waals surface area (Å²) in [5, 5.41) is 29.7. The number of nitrogens with two attached hydrogens (primary N) is 1. The van der Waals surface area contributed by atoms with Crippen LogP contribution in [0.3, 0.4) is 0 Å². The lowest BCUT2D eigenvalue weighted by atomic mass is 9.97. The Morgan fingerprint density at radius 3 is 2.43 bits per heavy atom. The van der Waals surface area contributed by atoms with Gasteiger partial charge in [-0.05, 0) is 51.2 Å². The van der Waals surface area contributed by atoms with Crippen LogP contribution in [-0.2, 0) is 9.47 Å². The Kier molecular flexibility index (Phi) is 9.12. The van der Waals surface area contributed by atoms with Crippen LogP contribution in [0, 0.1) is 0 Å². The minimum Gasteiger partial charge on any atom is -0.388 e. The zero-order valence-corrected chi connectivity index (χ0v) is 13.7. The van der Waals surface area contributed by atoms with E-state index in [1.807, 2.05) is 13.8 Å². The van der Waals surface area contributed by atoms with Gasteiger partial charge in [0.05, 0.1) is 12.2 Å². The highest BCUT2D eigenvalue weighted by Crippen LogP contribution is 2.25. The molecule has 5 N–H and O–H groups in total. The van der Waals surface area contributed by atoms with E-state index in [1.54, 1.807) is 11.8 Å². The topological polar surface area (TPSA) is 105 Å². The predicted molar refractivity (Wildman–Crippen MR) is 83.1 cm³/mol. The van der Waals surface area contributed by atoms with Crippen LogP contribution >= 0.6 is 11.8 Å². The van der Waals surface area contributed by atoms with Gasteiger partial charge in [0.1, 0.15) is 18.3 Å². The summed E-state index contributed by atoms with van der Waals surface area (Å²) in [7, 11) is 0. The highest BCUT2D eigenvalue weighted by Gasteiger charge is 2.44. The molecule has 0 aromatic carbocycles. The van der Waals surface area contributed by atoms with Crippen LogP contribution in [0.5, 0.6) is 0 Å². The Hall–Kier alpha value is 0.110. The highest BCUT2D eigenvalue weighted by molar-refractivity contribution is 7.99. The number of unbranched alkanes of at least 4 members (excludes halogenated alkanes) is 1. The monoisotopic (exact) mass is 323 g/mol. The van der Waals surface area contributed by atoms with Gasteiger partial charge >= 0.3 is 0 Å². The Labute approximate surface area is 131 Å². The molecule has 5 atom stereocenters. The molecule has 1 saturated heterocycles. The molecule has 3 unspecified atom stereocenters. The van der Waals surface area contributed by atoms with Crippen molar-refractivity contribution in [3.05, 3.63) is 0 Å². The second-order valence-electron chi connectivity index (χ2n) is 5.60. The third-order valence-corrected chi connectivity index (χ3v) is 4.47. The molecule has 0 spiro atoms. The smallest absolute Gasteiger partial charge is 0.186 e. The zero-order valence-electron chi connectivity index (χ0n) is 12.9. The third kappa shape index (κ3) is 6.40. The van der Waals surface area contributed by atoms with Gasteiger partial charge in [-0.3, -0.25) is 0 Å².